The summed E-state index contributed by atoms with van der Waals surface area (Å²) in [5, 5.41) is 55.9. The molecule has 360 valence electrons. The summed E-state index contributed by atoms with van der Waals surface area (Å²) in [4.78, 5) is 87.7. The Hall–Kier alpha value is -6.20. The molecule has 0 bridgehead atoms. The minimum absolute atomic E-state index is 0.00275. The van der Waals surface area contributed by atoms with E-state index in [1.807, 2.05) is 0 Å². The molecule has 0 aliphatic carbocycles. The van der Waals surface area contributed by atoms with Gasteiger partial charge in [0.15, 0.2) is 0 Å². The Balaban J connectivity index is 1.61. The van der Waals surface area contributed by atoms with Gasteiger partial charge in [-0.25, -0.2) is 4.79 Å². The van der Waals surface area contributed by atoms with Crippen LogP contribution in [0.3, 0.4) is 0 Å². The van der Waals surface area contributed by atoms with Crippen LogP contribution in [0.2, 0.25) is 0 Å². The molecule has 0 saturated carbocycles. The van der Waals surface area contributed by atoms with Crippen LogP contribution in [0.1, 0.15) is 88.8 Å². The molecule has 0 radical (unpaired) electrons. The number of carbonyl (C=O) groups is 6. The number of hydrogen-bond acceptors (Lipinski definition) is 11. The van der Waals surface area contributed by atoms with Gasteiger partial charge in [-0.05, 0) is 78.3 Å². The van der Waals surface area contributed by atoms with Gasteiger partial charge in [-0.15, -0.1) is 0 Å². The van der Waals surface area contributed by atoms with Gasteiger partial charge < -0.3 is 56.6 Å². The summed E-state index contributed by atoms with van der Waals surface area (Å²) < 4.78 is 0. The smallest absolute Gasteiger partial charge is 0.326 e. The van der Waals surface area contributed by atoms with E-state index in [9.17, 15) is 54.3 Å². The Morgan fingerprint density at radius 3 is 1.71 bits per heavy atom. The van der Waals surface area contributed by atoms with Gasteiger partial charge in [0, 0.05) is 45.9 Å². The molecule has 3 aromatic rings. The maximum atomic E-state index is 14.9. The molecule has 17 nitrogen and oxygen atoms in total. The fraction of sp³-hybridized carbons (Fsp3) is 0.510. The number of aliphatic hydroxyl groups excluding tert-OH is 1. The fourth-order valence-electron chi connectivity index (χ4n) is 8.38. The molecule has 66 heavy (non-hydrogen) atoms. The van der Waals surface area contributed by atoms with E-state index in [1.165, 1.54) is 65.2 Å². The molecule has 0 aromatic heterocycles. The predicted molar refractivity (Wildman–Crippen MR) is 247 cm³/mol. The average Bonchev–Trinajstić information content (AvgIpc) is 3.79. The molecule has 1 aliphatic rings. The number of carboxylic acids is 1. The van der Waals surface area contributed by atoms with Gasteiger partial charge in [0.05, 0.1) is 0 Å². The second-order valence-corrected chi connectivity index (χ2v) is 17.7. The fourth-order valence-corrected chi connectivity index (χ4v) is 8.38. The normalized spacial score (nSPS) is 16.4. The van der Waals surface area contributed by atoms with Crippen LogP contribution in [-0.2, 0) is 48.0 Å². The number of aliphatic hydroxyl groups is 1. The Morgan fingerprint density at radius 1 is 0.712 bits per heavy atom. The van der Waals surface area contributed by atoms with Crippen molar-refractivity contribution >= 4 is 35.5 Å². The van der Waals surface area contributed by atoms with Crippen LogP contribution >= 0.6 is 0 Å². The summed E-state index contributed by atoms with van der Waals surface area (Å²) >= 11 is 0. The SMILES string of the molecule is CCCCCCCC(N)C(O)C(=O)NC(Cc1ccc(O)cc1)C(=O)N(C)C(C(=O)N(C)C(Cc1ccc(O)cc1)C(=O)N1CCCC1C(=O)NC(Cc1ccc(O)cc1)C(=O)O)C(C)C. The van der Waals surface area contributed by atoms with E-state index >= 15 is 0 Å². The van der Waals surface area contributed by atoms with E-state index in [1.54, 1.807) is 50.2 Å². The molecular weight excluding hydrogens is 849 g/mol. The summed E-state index contributed by atoms with van der Waals surface area (Å²) in [6, 6.07) is 11.0. The lowest BCUT2D eigenvalue weighted by Crippen LogP contribution is -2.61. The third kappa shape index (κ3) is 14.7. The molecule has 1 aliphatic heterocycles. The molecule has 0 spiro atoms. The first kappa shape index (κ1) is 52.4. The van der Waals surface area contributed by atoms with E-state index in [4.69, 9.17) is 5.73 Å². The Bertz CT molecular complexity index is 2080. The topological polar surface area (TPSA) is 263 Å². The summed E-state index contributed by atoms with van der Waals surface area (Å²) in [6.45, 7) is 5.69. The number of nitrogens with zero attached hydrogens (tertiary/aromatic N) is 3. The molecule has 9 N–H and O–H groups in total. The second-order valence-electron chi connectivity index (χ2n) is 17.7. The minimum Gasteiger partial charge on any atom is -0.508 e. The molecule has 3 aromatic carbocycles. The molecular formula is C49H68N6O11. The number of aromatic hydroxyl groups is 3. The zero-order valence-electron chi connectivity index (χ0n) is 38.6. The monoisotopic (exact) mass is 916 g/mol. The van der Waals surface area contributed by atoms with Crippen molar-refractivity contribution in [3.05, 3.63) is 89.5 Å². The quantitative estimate of drug-likeness (QED) is 0.0603. The van der Waals surface area contributed by atoms with Crippen molar-refractivity contribution in [2.75, 3.05) is 20.6 Å². The van der Waals surface area contributed by atoms with Crippen molar-refractivity contribution in [1.29, 1.82) is 0 Å². The number of aliphatic carboxylic acids is 1. The first-order valence-corrected chi connectivity index (χ1v) is 22.8. The number of nitrogens with two attached hydrogens (primary N) is 1. The average molecular weight is 917 g/mol. The Labute approximate surface area is 387 Å². The summed E-state index contributed by atoms with van der Waals surface area (Å²) in [5.41, 5.74) is 7.94. The third-order valence-corrected chi connectivity index (χ3v) is 12.3. The van der Waals surface area contributed by atoms with Gasteiger partial charge >= 0.3 is 5.97 Å². The first-order valence-electron chi connectivity index (χ1n) is 22.8. The van der Waals surface area contributed by atoms with E-state index in [2.05, 4.69) is 17.6 Å². The van der Waals surface area contributed by atoms with Crippen LogP contribution in [0.4, 0.5) is 0 Å². The van der Waals surface area contributed by atoms with Gasteiger partial charge in [0.1, 0.15) is 53.6 Å². The largest absolute Gasteiger partial charge is 0.508 e. The highest BCUT2D eigenvalue weighted by Gasteiger charge is 2.43. The number of benzene rings is 3. The van der Waals surface area contributed by atoms with Gasteiger partial charge in [0.25, 0.3) is 5.91 Å². The van der Waals surface area contributed by atoms with Crippen molar-refractivity contribution in [3.63, 3.8) is 0 Å². The molecule has 4 rings (SSSR count). The second kappa shape index (κ2) is 24.9. The van der Waals surface area contributed by atoms with Gasteiger partial charge in [-0.2, -0.15) is 0 Å². The van der Waals surface area contributed by atoms with Crippen molar-refractivity contribution in [3.8, 4) is 17.2 Å². The number of nitrogens with one attached hydrogen (secondary N) is 2. The Kier molecular flexibility index (Phi) is 19.8. The predicted octanol–water partition coefficient (Wildman–Crippen LogP) is 3.24. The van der Waals surface area contributed by atoms with Crippen molar-refractivity contribution in [2.45, 2.75) is 134 Å². The van der Waals surface area contributed by atoms with Crippen LogP contribution in [0.5, 0.6) is 17.2 Å². The lowest BCUT2D eigenvalue weighted by atomic mass is 9.96. The van der Waals surface area contributed by atoms with Gasteiger partial charge in [-0.3, -0.25) is 24.0 Å². The van der Waals surface area contributed by atoms with Crippen molar-refractivity contribution < 1.29 is 54.3 Å². The lowest BCUT2D eigenvalue weighted by Gasteiger charge is -2.39. The van der Waals surface area contributed by atoms with Crippen LogP contribution in [0.15, 0.2) is 72.8 Å². The summed E-state index contributed by atoms with van der Waals surface area (Å²) in [5.74, 6) is -5.30. The lowest BCUT2D eigenvalue weighted by molar-refractivity contribution is -0.153. The third-order valence-electron chi connectivity index (χ3n) is 12.3. The number of phenols is 3. The van der Waals surface area contributed by atoms with E-state index in [-0.39, 0.29) is 49.5 Å². The van der Waals surface area contributed by atoms with Crippen molar-refractivity contribution in [1.82, 2.24) is 25.3 Å². The van der Waals surface area contributed by atoms with Crippen LogP contribution in [0, 0.1) is 5.92 Å². The first-order chi connectivity index (χ1) is 31.3. The van der Waals surface area contributed by atoms with E-state index < -0.39 is 83.8 Å². The maximum absolute atomic E-state index is 14.9. The number of rotatable bonds is 24. The number of hydrogen-bond donors (Lipinski definition) is 8. The molecule has 1 heterocycles. The molecule has 7 unspecified atom stereocenters. The summed E-state index contributed by atoms with van der Waals surface area (Å²) in [7, 11) is 2.85. The maximum Gasteiger partial charge on any atom is 0.326 e. The number of likely N-dealkylation sites (tertiary alicyclic amines) is 1. The van der Waals surface area contributed by atoms with Gasteiger partial charge in [0.2, 0.25) is 23.6 Å². The highest BCUT2D eigenvalue weighted by Crippen LogP contribution is 2.25. The molecule has 5 amide bonds. The molecule has 1 fully saturated rings. The van der Waals surface area contributed by atoms with Gasteiger partial charge in [-0.1, -0.05) is 89.3 Å². The highest BCUT2D eigenvalue weighted by atomic mass is 16.4. The number of carboxylic acid groups (broad SMARTS) is 1. The summed E-state index contributed by atoms with van der Waals surface area (Å²) in [6.07, 6.45) is 3.95. The number of amides is 5. The number of phenolic OH excluding ortho intramolecular Hbond substituents is 3. The van der Waals surface area contributed by atoms with E-state index in [0.717, 1.165) is 25.7 Å². The van der Waals surface area contributed by atoms with Crippen LogP contribution in [-0.4, -0.2) is 139 Å². The van der Waals surface area contributed by atoms with E-state index in [0.29, 0.717) is 36.0 Å². The van der Waals surface area contributed by atoms with Crippen LogP contribution < -0.4 is 16.4 Å². The van der Waals surface area contributed by atoms with Crippen molar-refractivity contribution in [2.24, 2.45) is 11.7 Å². The zero-order chi connectivity index (χ0) is 48.7. The molecule has 1 saturated heterocycles. The number of carbonyl (C=O) groups excluding carboxylic acids is 5. The number of likely N-dealkylation sites (N-methyl/N-ethyl adjacent to an activating group) is 2. The Morgan fingerprint density at radius 2 is 1.21 bits per heavy atom. The molecule has 7 atom stereocenters. The zero-order valence-corrected chi connectivity index (χ0v) is 38.6. The highest BCUT2D eigenvalue weighted by molar-refractivity contribution is 5.97. The van der Waals surface area contributed by atoms with Crippen LogP contribution in [0.25, 0.3) is 0 Å². The number of unbranched alkanes of at least 4 members (excludes halogenated alkanes) is 4. The standard InChI is InChI=1S/C49H68N6O11/c1-6-7-8-9-10-12-37(50)43(59)45(61)51-38(27-31-14-20-34(56)21-15-31)46(62)54(5)42(30(2)3)48(64)53(4)41(29-33-18-24-36(58)25-19-33)47(63)55-26-11-13-40(55)44(60)52-39(49(65)66)28-32-16-22-35(57)23-17-32/h14-25,30,37-43,56-59H,6-13,26-29,50H2,1-5H3,(H,51,61)(H,52,60)(H,65,66). The minimum atomic E-state index is -1.62. The molecule has 17 heteroatoms.